The van der Waals surface area contributed by atoms with Gasteiger partial charge in [0.2, 0.25) is 46.5 Å². The van der Waals surface area contributed by atoms with Crippen LogP contribution >= 0.6 is 0 Å². The van der Waals surface area contributed by atoms with Crippen LogP contribution in [0.1, 0.15) is 0 Å². The molecule has 0 fully saturated rings. The number of hydrogen-bond acceptors (Lipinski definition) is 4. The van der Waals surface area contributed by atoms with Crippen molar-refractivity contribution in [2.75, 3.05) is 28.4 Å². The summed E-state index contributed by atoms with van der Waals surface area (Å²) in [5.41, 5.74) is -10.4. The molecule has 0 aliphatic heterocycles. The maximum atomic E-state index is 16.3. The zero-order valence-corrected chi connectivity index (χ0v) is 28.4. The predicted molar refractivity (Wildman–Crippen MR) is 136 cm³/mol. The van der Waals surface area contributed by atoms with E-state index in [-0.39, 0.29) is 79.8 Å². The molecule has 0 atom stereocenters. The Morgan fingerprint density at radius 1 is 0.260 bits per heavy atom. The van der Waals surface area contributed by atoms with Gasteiger partial charge in [0.05, 0.1) is 28.4 Å². The standard InChI is InChI=1S/C28H12BF16O4.K/c1-46-25-5(9(30)13(34)17(38)21(25)42)29(6-10(31)14(35)18(39)22(43)26(6)47-2,7-11(32)15(36)19(40)23(44)27(7)48-3)8-12(33)16(37)20(41)24(45)28(8)49-4;/h1-4H3;/q-1;+1. The van der Waals surface area contributed by atoms with Crippen molar-refractivity contribution in [3.8, 4) is 23.0 Å². The number of rotatable bonds is 8. The predicted octanol–water partition coefficient (Wildman–Crippen LogP) is 2.33. The number of benzene rings is 4. The van der Waals surface area contributed by atoms with Crippen LogP contribution in [0.3, 0.4) is 0 Å². The topological polar surface area (TPSA) is 36.9 Å². The molecule has 0 radical (unpaired) electrons. The summed E-state index contributed by atoms with van der Waals surface area (Å²) in [5.74, 6) is -56.6. The fraction of sp³-hybridized carbons (Fsp3) is 0.143. The minimum atomic E-state index is -6.25. The quantitative estimate of drug-likeness (QED) is 0.120. The van der Waals surface area contributed by atoms with Gasteiger partial charge in [-0.2, -0.15) is 17.6 Å². The number of ether oxygens (including phenoxy) is 4. The van der Waals surface area contributed by atoms with Crippen molar-refractivity contribution in [1.29, 1.82) is 0 Å². The van der Waals surface area contributed by atoms with Crippen LogP contribution in [0.15, 0.2) is 0 Å². The van der Waals surface area contributed by atoms with E-state index in [1.807, 2.05) is 0 Å². The molecule has 4 rings (SSSR count). The van der Waals surface area contributed by atoms with E-state index in [1.54, 1.807) is 0 Å². The van der Waals surface area contributed by atoms with Gasteiger partial charge in [0.1, 0.15) is 52.4 Å². The molecular formula is C28H12BF16KO4. The van der Waals surface area contributed by atoms with Crippen molar-refractivity contribution >= 4 is 28.0 Å². The Morgan fingerprint density at radius 3 is 0.540 bits per heavy atom. The number of hydrogen-bond donors (Lipinski definition) is 0. The maximum Gasteiger partial charge on any atom is 1.00 e. The summed E-state index contributed by atoms with van der Waals surface area (Å²) < 4.78 is 263. The van der Waals surface area contributed by atoms with Gasteiger partial charge in [-0.25, -0.2) is 52.7 Å². The van der Waals surface area contributed by atoms with Crippen molar-refractivity contribution in [3.63, 3.8) is 0 Å². The minimum Gasteiger partial charge on any atom is -0.497 e. The molecule has 0 saturated carbocycles. The second kappa shape index (κ2) is 14.7. The molecule has 0 unspecified atom stereocenters. The van der Waals surface area contributed by atoms with E-state index >= 15 is 52.7 Å². The Kier molecular flexibility index (Phi) is 12.1. The molecule has 4 aromatic rings. The molecule has 0 N–H and O–H groups in total. The average molecular weight is 766 g/mol. The summed E-state index contributed by atoms with van der Waals surface area (Å²) in [6.45, 7) is 0. The molecule has 0 heterocycles. The summed E-state index contributed by atoms with van der Waals surface area (Å²) in [7, 11) is 0.880. The van der Waals surface area contributed by atoms with Crippen LogP contribution in [0.5, 0.6) is 23.0 Å². The first-order valence-electron chi connectivity index (χ1n) is 12.6. The van der Waals surface area contributed by atoms with Crippen LogP contribution in [-0.2, 0) is 0 Å². The summed E-state index contributed by atoms with van der Waals surface area (Å²) in [6.07, 6.45) is -6.25. The molecule has 0 aliphatic rings. The van der Waals surface area contributed by atoms with E-state index in [0.717, 1.165) is 0 Å². The Morgan fingerprint density at radius 2 is 0.400 bits per heavy atom. The van der Waals surface area contributed by atoms with E-state index < -0.39 is 144 Å². The van der Waals surface area contributed by atoms with Crippen LogP contribution in [-0.4, -0.2) is 34.6 Å². The van der Waals surface area contributed by atoms with E-state index in [9.17, 15) is 17.6 Å². The van der Waals surface area contributed by atoms with Crippen molar-refractivity contribution in [2.24, 2.45) is 0 Å². The van der Waals surface area contributed by atoms with Gasteiger partial charge in [-0.1, -0.05) is 0 Å². The fourth-order valence-electron chi connectivity index (χ4n) is 5.73. The van der Waals surface area contributed by atoms with Crippen LogP contribution < -0.4 is 92.2 Å². The molecule has 22 heteroatoms. The van der Waals surface area contributed by atoms with Crippen LogP contribution in [0.4, 0.5) is 70.2 Å². The molecule has 0 spiro atoms. The van der Waals surface area contributed by atoms with Crippen molar-refractivity contribution < 1.29 is 141 Å². The molecule has 0 aromatic heterocycles. The molecule has 50 heavy (non-hydrogen) atoms. The Balaban J connectivity index is 0.00000676. The monoisotopic (exact) mass is 766 g/mol. The van der Waals surface area contributed by atoms with Gasteiger partial charge >= 0.3 is 51.4 Å². The summed E-state index contributed by atoms with van der Waals surface area (Å²) in [4.78, 5) is 0. The Bertz CT molecular complexity index is 1770. The van der Waals surface area contributed by atoms with Gasteiger partial charge < -0.3 is 18.9 Å². The van der Waals surface area contributed by atoms with Gasteiger partial charge in [-0.05, 0) is 0 Å². The van der Waals surface area contributed by atoms with Gasteiger partial charge in [0.15, 0.2) is 23.3 Å². The van der Waals surface area contributed by atoms with E-state index in [0.29, 0.717) is 0 Å². The van der Waals surface area contributed by atoms with Crippen molar-refractivity contribution in [2.45, 2.75) is 0 Å². The Labute approximate surface area is 311 Å². The van der Waals surface area contributed by atoms with Crippen molar-refractivity contribution in [1.82, 2.24) is 0 Å². The van der Waals surface area contributed by atoms with E-state index in [1.165, 1.54) is 0 Å². The molecular weight excluding hydrogens is 754 g/mol. The molecule has 264 valence electrons. The average Bonchev–Trinajstić information content (AvgIpc) is 3.09. The first-order valence-corrected chi connectivity index (χ1v) is 12.6. The van der Waals surface area contributed by atoms with Crippen LogP contribution in [0, 0.1) is 93.1 Å². The van der Waals surface area contributed by atoms with Crippen LogP contribution in [0.2, 0.25) is 0 Å². The normalized spacial score (nSPS) is 11.4. The summed E-state index contributed by atoms with van der Waals surface area (Å²) >= 11 is 0. The van der Waals surface area contributed by atoms with E-state index in [4.69, 9.17) is 0 Å². The summed E-state index contributed by atoms with van der Waals surface area (Å²) in [6, 6.07) is 0. The number of halogens is 16. The third kappa shape index (κ3) is 5.48. The molecule has 0 amide bonds. The zero-order valence-electron chi connectivity index (χ0n) is 25.3. The molecule has 4 aromatic carbocycles. The van der Waals surface area contributed by atoms with Crippen molar-refractivity contribution in [3.05, 3.63) is 93.1 Å². The third-order valence-corrected chi connectivity index (χ3v) is 7.58. The van der Waals surface area contributed by atoms with E-state index in [2.05, 4.69) is 18.9 Å². The minimum absolute atomic E-state index is 0. The third-order valence-electron chi connectivity index (χ3n) is 7.58. The maximum absolute atomic E-state index is 16.3. The van der Waals surface area contributed by atoms with Gasteiger partial charge in [0, 0.05) is 0 Å². The summed E-state index contributed by atoms with van der Waals surface area (Å²) in [5, 5.41) is 0. The fourth-order valence-corrected chi connectivity index (χ4v) is 5.73. The van der Waals surface area contributed by atoms with Gasteiger partial charge in [-0.3, -0.25) is 0 Å². The zero-order chi connectivity index (χ0) is 37.2. The molecule has 0 aliphatic carbocycles. The van der Waals surface area contributed by atoms with Gasteiger partial charge in [-0.15, -0.1) is 21.9 Å². The van der Waals surface area contributed by atoms with Crippen LogP contribution in [0.25, 0.3) is 0 Å². The second-order valence-corrected chi connectivity index (χ2v) is 9.68. The Hall–Kier alpha value is -3.34. The molecule has 0 bridgehead atoms. The second-order valence-electron chi connectivity index (χ2n) is 9.68. The molecule has 0 saturated heterocycles. The largest absolute Gasteiger partial charge is 1.00 e. The molecule has 4 nitrogen and oxygen atoms in total. The first kappa shape index (κ1) is 41.1. The number of methoxy groups -OCH3 is 4. The smallest absolute Gasteiger partial charge is 0.497 e. The van der Waals surface area contributed by atoms with Gasteiger partial charge in [0.25, 0.3) is 0 Å². The SMILES string of the molecule is COc1c(F)c(F)c(F)c(F)c1[B-](c1c(F)c(F)c(F)c(F)c1OC)(c1c(F)c(F)c(F)c(F)c1OC)c1c(F)c(F)c(F)c(F)c1OC.[K+]. The first-order chi connectivity index (χ1) is 22.9.